The van der Waals surface area contributed by atoms with Gasteiger partial charge in [-0.15, -0.1) is 0 Å². The van der Waals surface area contributed by atoms with Gasteiger partial charge in [0, 0.05) is 18.2 Å². The normalized spacial score (nSPS) is 25.5. The first-order chi connectivity index (χ1) is 12.9. The summed E-state index contributed by atoms with van der Waals surface area (Å²) in [7, 11) is -1.54. The van der Waals surface area contributed by atoms with Crippen LogP contribution in [0.1, 0.15) is 23.6 Å². The van der Waals surface area contributed by atoms with Gasteiger partial charge in [0.2, 0.25) is 0 Å². The molecule has 2 atom stereocenters. The lowest BCUT2D eigenvalue weighted by Crippen LogP contribution is -2.25. The molecule has 2 aliphatic rings. The standard InChI is InChI=1S/C19H19ClFN3O2S/c1-24-9-8-13(18(24)12-6-7-15(20)16(21)10-12)11-22-19-14-4-2-3-5-17(14)27(25,26)23-19/h2-7,10,13,18H,8-9,11H2,1H3,(H,22,23). The molecule has 1 fully saturated rings. The Morgan fingerprint density at radius 1 is 1.30 bits per heavy atom. The minimum Gasteiger partial charge on any atom is -0.299 e. The van der Waals surface area contributed by atoms with Gasteiger partial charge < -0.3 is 0 Å². The molecule has 0 radical (unpaired) electrons. The van der Waals surface area contributed by atoms with Crippen LogP contribution in [0.5, 0.6) is 0 Å². The van der Waals surface area contributed by atoms with Gasteiger partial charge in [-0.1, -0.05) is 29.8 Å². The summed E-state index contributed by atoms with van der Waals surface area (Å²) in [5.41, 5.74) is 1.45. The zero-order valence-corrected chi connectivity index (χ0v) is 16.3. The number of benzene rings is 2. The summed E-state index contributed by atoms with van der Waals surface area (Å²) in [5, 5.41) is 0.105. The average Bonchev–Trinajstić information content (AvgIpc) is 3.13. The van der Waals surface area contributed by atoms with Gasteiger partial charge in [-0.05, 0) is 55.8 Å². The van der Waals surface area contributed by atoms with Crippen LogP contribution in [0.3, 0.4) is 0 Å². The number of fused-ring (bicyclic) bond motifs is 1. The number of hydrogen-bond donors (Lipinski definition) is 1. The maximum Gasteiger partial charge on any atom is 0.263 e. The van der Waals surface area contributed by atoms with E-state index in [4.69, 9.17) is 11.6 Å². The molecule has 1 N–H and O–H groups in total. The average molecular weight is 408 g/mol. The van der Waals surface area contributed by atoms with Gasteiger partial charge in [-0.25, -0.2) is 12.8 Å². The fourth-order valence-electron chi connectivity index (χ4n) is 3.90. The van der Waals surface area contributed by atoms with E-state index in [1.165, 1.54) is 6.07 Å². The number of nitrogens with one attached hydrogen (secondary N) is 1. The molecule has 0 spiro atoms. The lowest BCUT2D eigenvalue weighted by Gasteiger charge is -2.25. The number of sulfonamides is 1. The minimum absolute atomic E-state index is 0.00868. The molecule has 2 aliphatic heterocycles. The van der Waals surface area contributed by atoms with Crippen LogP contribution in [0, 0.1) is 11.7 Å². The number of aliphatic imine (C=N–C) groups is 1. The van der Waals surface area contributed by atoms with Crippen molar-refractivity contribution >= 4 is 27.5 Å². The third-order valence-electron chi connectivity index (χ3n) is 5.21. The molecule has 5 nitrogen and oxygen atoms in total. The minimum atomic E-state index is -3.54. The van der Waals surface area contributed by atoms with Crippen molar-refractivity contribution in [2.45, 2.75) is 17.4 Å². The summed E-state index contributed by atoms with van der Waals surface area (Å²) >= 11 is 5.81. The molecule has 8 heteroatoms. The van der Waals surface area contributed by atoms with E-state index in [1.54, 1.807) is 30.3 Å². The van der Waals surface area contributed by atoms with E-state index in [2.05, 4.69) is 14.6 Å². The maximum absolute atomic E-state index is 13.9. The quantitative estimate of drug-likeness (QED) is 0.849. The van der Waals surface area contributed by atoms with E-state index < -0.39 is 15.8 Å². The molecule has 0 aliphatic carbocycles. The molecule has 27 heavy (non-hydrogen) atoms. The summed E-state index contributed by atoms with van der Waals surface area (Å²) in [6.07, 6.45) is 0.899. The van der Waals surface area contributed by atoms with E-state index in [0.717, 1.165) is 18.5 Å². The van der Waals surface area contributed by atoms with E-state index in [9.17, 15) is 12.8 Å². The van der Waals surface area contributed by atoms with Crippen LogP contribution in [-0.2, 0) is 10.0 Å². The Morgan fingerprint density at radius 3 is 2.85 bits per heavy atom. The van der Waals surface area contributed by atoms with Gasteiger partial charge in [0.05, 0.1) is 9.92 Å². The summed E-state index contributed by atoms with van der Waals surface area (Å²) < 4.78 is 40.9. The van der Waals surface area contributed by atoms with E-state index in [-0.39, 0.29) is 21.9 Å². The van der Waals surface area contributed by atoms with Gasteiger partial charge in [0.25, 0.3) is 10.0 Å². The fraction of sp³-hybridized carbons (Fsp3) is 0.316. The first kappa shape index (κ1) is 18.4. The third kappa shape index (κ3) is 3.35. The lowest BCUT2D eigenvalue weighted by atomic mass is 9.93. The van der Waals surface area contributed by atoms with Crippen molar-refractivity contribution in [1.82, 2.24) is 9.62 Å². The van der Waals surface area contributed by atoms with Gasteiger partial charge in [-0.3, -0.25) is 14.6 Å². The number of likely N-dealkylation sites (tertiary alicyclic amines) is 1. The zero-order chi connectivity index (χ0) is 19.2. The van der Waals surface area contributed by atoms with Gasteiger partial charge in [0.15, 0.2) is 0 Å². The number of hydrogen-bond acceptors (Lipinski definition) is 4. The highest BCUT2D eigenvalue weighted by molar-refractivity contribution is 7.90. The zero-order valence-electron chi connectivity index (χ0n) is 14.7. The molecule has 142 valence electrons. The topological polar surface area (TPSA) is 61.8 Å². The molecular weight excluding hydrogens is 389 g/mol. The molecule has 0 aromatic heterocycles. The SMILES string of the molecule is CN1CCC(CN=C2NS(=O)(=O)c3ccccc32)C1c1ccc(Cl)c(F)c1. The van der Waals surface area contributed by atoms with Crippen LogP contribution in [0.4, 0.5) is 4.39 Å². The summed E-state index contributed by atoms with van der Waals surface area (Å²) in [5.74, 6) is 0.0959. The molecule has 4 rings (SSSR count). The molecular formula is C19H19ClFN3O2S. The van der Waals surface area contributed by atoms with Crippen LogP contribution < -0.4 is 4.72 Å². The Labute approximate surface area is 162 Å². The largest absolute Gasteiger partial charge is 0.299 e. The molecule has 2 heterocycles. The number of amidine groups is 1. The van der Waals surface area contributed by atoms with E-state index in [0.29, 0.717) is 17.9 Å². The Balaban J connectivity index is 1.61. The Kier molecular flexibility index (Phi) is 4.70. The molecule has 1 saturated heterocycles. The smallest absolute Gasteiger partial charge is 0.263 e. The van der Waals surface area contributed by atoms with Gasteiger partial charge in [-0.2, -0.15) is 0 Å². The second-order valence-electron chi connectivity index (χ2n) is 6.94. The maximum atomic E-state index is 13.9. The second-order valence-corrected chi connectivity index (χ2v) is 9.00. The summed E-state index contributed by atoms with van der Waals surface area (Å²) in [6.45, 7) is 1.32. The first-order valence-electron chi connectivity index (χ1n) is 8.68. The van der Waals surface area contributed by atoms with Gasteiger partial charge in [0.1, 0.15) is 11.7 Å². The summed E-state index contributed by atoms with van der Waals surface area (Å²) in [4.78, 5) is 6.99. The van der Waals surface area contributed by atoms with Crippen molar-refractivity contribution in [3.63, 3.8) is 0 Å². The lowest BCUT2D eigenvalue weighted by molar-refractivity contribution is 0.279. The highest BCUT2D eigenvalue weighted by Crippen LogP contribution is 2.37. The molecule has 0 bridgehead atoms. The molecule has 2 aromatic rings. The monoisotopic (exact) mass is 407 g/mol. The first-order valence-corrected chi connectivity index (χ1v) is 10.5. The summed E-state index contributed by atoms with van der Waals surface area (Å²) in [6, 6.07) is 11.7. The van der Waals surface area contributed by atoms with Crippen LogP contribution in [0.25, 0.3) is 0 Å². The fourth-order valence-corrected chi connectivity index (χ4v) is 5.27. The van der Waals surface area contributed by atoms with E-state index in [1.807, 2.05) is 13.1 Å². The van der Waals surface area contributed by atoms with Crippen LogP contribution in [0.2, 0.25) is 5.02 Å². The van der Waals surface area contributed by atoms with Crippen molar-refractivity contribution in [2.24, 2.45) is 10.9 Å². The molecule has 0 amide bonds. The Morgan fingerprint density at radius 2 is 2.07 bits per heavy atom. The van der Waals surface area contributed by atoms with Crippen molar-refractivity contribution in [3.8, 4) is 0 Å². The van der Waals surface area contributed by atoms with E-state index >= 15 is 0 Å². The Bertz CT molecular complexity index is 1030. The number of rotatable bonds is 3. The number of nitrogens with zero attached hydrogens (tertiary/aromatic N) is 2. The highest BCUT2D eigenvalue weighted by Gasteiger charge is 2.35. The number of halogens is 2. The van der Waals surface area contributed by atoms with Crippen LogP contribution in [-0.4, -0.2) is 39.3 Å². The van der Waals surface area contributed by atoms with Crippen LogP contribution >= 0.6 is 11.6 Å². The molecule has 2 aromatic carbocycles. The second kappa shape index (κ2) is 6.89. The molecule has 0 saturated carbocycles. The highest BCUT2D eigenvalue weighted by atomic mass is 35.5. The van der Waals surface area contributed by atoms with Crippen molar-refractivity contribution in [3.05, 3.63) is 64.4 Å². The van der Waals surface area contributed by atoms with Crippen molar-refractivity contribution in [1.29, 1.82) is 0 Å². The van der Waals surface area contributed by atoms with Gasteiger partial charge >= 0.3 is 0 Å². The Hall–Kier alpha value is -1.96. The van der Waals surface area contributed by atoms with Crippen LogP contribution in [0.15, 0.2) is 52.4 Å². The third-order valence-corrected chi connectivity index (χ3v) is 6.91. The predicted molar refractivity (Wildman–Crippen MR) is 103 cm³/mol. The van der Waals surface area contributed by atoms with Crippen molar-refractivity contribution < 1.29 is 12.8 Å². The molecule has 2 unspecified atom stereocenters. The predicted octanol–water partition coefficient (Wildman–Crippen LogP) is 3.21. The van der Waals surface area contributed by atoms with Crippen molar-refractivity contribution in [2.75, 3.05) is 20.1 Å².